The Labute approximate surface area is 201 Å². The summed E-state index contributed by atoms with van der Waals surface area (Å²) in [6.07, 6.45) is 0.836. The number of hydrogen-bond donors (Lipinski definition) is 1. The molecular weight excluding hydrogens is 432 g/mol. The molecule has 7 nitrogen and oxygen atoms in total. The first kappa shape index (κ1) is 25.1. The average molecular weight is 465 g/mol. The van der Waals surface area contributed by atoms with Gasteiger partial charge in [-0.3, -0.25) is 4.79 Å². The smallest absolute Gasteiger partial charge is 0.251 e. The summed E-state index contributed by atoms with van der Waals surface area (Å²) in [5.74, 6) is 1.77. The van der Waals surface area contributed by atoms with Gasteiger partial charge in [0, 0.05) is 30.2 Å². The molecule has 0 radical (unpaired) electrons. The molecule has 1 heterocycles. The lowest BCUT2D eigenvalue weighted by molar-refractivity contribution is 0.0746. The van der Waals surface area contributed by atoms with Crippen molar-refractivity contribution in [2.75, 3.05) is 34.0 Å². The van der Waals surface area contributed by atoms with Crippen molar-refractivity contribution in [2.45, 2.75) is 26.4 Å². The fourth-order valence-corrected chi connectivity index (χ4v) is 3.35. The summed E-state index contributed by atoms with van der Waals surface area (Å²) in [5.41, 5.74) is 3.23. The van der Waals surface area contributed by atoms with Crippen LogP contribution in [0.4, 0.5) is 0 Å². The van der Waals surface area contributed by atoms with Crippen LogP contribution < -0.4 is 19.5 Å². The average Bonchev–Trinajstić information content (AvgIpc) is 2.86. The highest BCUT2D eigenvalue weighted by Crippen LogP contribution is 2.28. The number of nitrogens with one attached hydrogen (secondary N) is 1. The Hall–Kier alpha value is -3.58. The van der Waals surface area contributed by atoms with E-state index in [1.54, 1.807) is 20.3 Å². The van der Waals surface area contributed by atoms with Gasteiger partial charge in [0.15, 0.2) is 11.5 Å². The number of methoxy groups -OCH3 is 2. The second-order valence-corrected chi connectivity index (χ2v) is 7.91. The molecule has 1 amide bonds. The van der Waals surface area contributed by atoms with Crippen molar-refractivity contribution in [2.24, 2.45) is 0 Å². The van der Waals surface area contributed by atoms with E-state index in [4.69, 9.17) is 18.9 Å². The minimum Gasteiger partial charge on any atom is -0.493 e. The van der Waals surface area contributed by atoms with E-state index in [9.17, 15) is 4.79 Å². The van der Waals surface area contributed by atoms with E-state index in [-0.39, 0.29) is 12.0 Å². The molecule has 0 fully saturated rings. The monoisotopic (exact) mass is 464 g/mol. The van der Waals surface area contributed by atoms with Gasteiger partial charge in [0.05, 0.1) is 39.2 Å². The summed E-state index contributed by atoms with van der Waals surface area (Å²) in [4.78, 5) is 17.1. The number of carbonyl (C=O) groups is 1. The highest BCUT2D eigenvalue weighted by Gasteiger charge is 2.09. The van der Waals surface area contributed by atoms with Crippen molar-refractivity contribution in [1.29, 1.82) is 0 Å². The number of amides is 1. The number of ether oxygens (including phenoxy) is 4. The molecule has 0 atom stereocenters. The van der Waals surface area contributed by atoms with E-state index >= 15 is 0 Å². The highest BCUT2D eigenvalue weighted by molar-refractivity contribution is 5.95. The van der Waals surface area contributed by atoms with Crippen molar-refractivity contribution >= 4 is 5.91 Å². The van der Waals surface area contributed by atoms with Crippen LogP contribution in [0.25, 0.3) is 11.3 Å². The number of hydrogen-bond acceptors (Lipinski definition) is 6. The molecule has 0 spiro atoms. The quantitative estimate of drug-likeness (QED) is 0.397. The number of benzene rings is 2. The summed E-state index contributed by atoms with van der Waals surface area (Å²) in [7, 11) is 3.23. The summed E-state index contributed by atoms with van der Waals surface area (Å²) < 4.78 is 22.0. The predicted octanol–water partition coefficient (Wildman–Crippen LogP) is 4.54. The zero-order valence-corrected chi connectivity index (χ0v) is 20.2. The van der Waals surface area contributed by atoms with E-state index in [0.717, 1.165) is 16.8 Å². The molecule has 7 heteroatoms. The van der Waals surface area contributed by atoms with E-state index in [2.05, 4.69) is 10.3 Å². The number of pyridine rings is 1. The predicted molar refractivity (Wildman–Crippen MR) is 132 cm³/mol. The lowest BCUT2D eigenvalue weighted by Gasteiger charge is -2.11. The second kappa shape index (κ2) is 12.6. The topological polar surface area (TPSA) is 78.9 Å². The summed E-state index contributed by atoms with van der Waals surface area (Å²) >= 11 is 0. The molecule has 1 N–H and O–H groups in total. The molecule has 0 saturated carbocycles. The van der Waals surface area contributed by atoms with Crippen LogP contribution in [0.3, 0.4) is 0 Å². The van der Waals surface area contributed by atoms with Crippen molar-refractivity contribution in [3.05, 3.63) is 71.8 Å². The van der Waals surface area contributed by atoms with Gasteiger partial charge in [0.1, 0.15) is 0 Å². The molecule has 0 aliphatic carbocycles. The first-order valence-corrected chi connectivity index (χ1v) is 11.3. The Morgan fingerprint density at radius 3 is 2.50 bits per heavy atom. The van der Waals surface area contributed by atoms with Crippen molar-refractivity contribution < 1.29 is 23.7 Å². The minimum atomic E-state index is -0.142. The molecule has 0 bridgehead atoms. The van der Waals surface area contributed by atoms with Gasteiger partial charge < -0.3 is 24.3 Å². The zero-order chi connectivity index (χ0) is 24.3. The molecule has 0 aliphatic heterocycles. The van der Waals surface area contributed by atoms with Crippen LogP contribution in [0.2, 0.25) is 0 Å². The number of nitrogens with zero attached hydrogens (tertiary/aromatic N) is 1. The summed E-state index contributed by atoms with van der Waals surface area (Å²) in [5, 5.41) is 2.88. The fourth-order valence-electron chi connectivity index (χ4n) is 3.35. The standard InChI is InChI=1S/C27H32N2O5/c1-19(2)33-16-14-28-27(30)22-8-5-7-21(18-22)23-9-6-10-26(29-23)34-15-13-20-11-12-24(31-3)25(17-20)32-4/h5-12,17-19H,13-16H2,1-4H3,(H,28,30). The van der Waals surface area contributed by atoms with Crippen molar-refractivity contribution in [3.8, 4) is 28.6 Å². The fraction of sp³-hybridized carbons (Fsp3) is 0.333. The van der Waals surface area contributed by atoms with Gasteiger partial charge >= 0.3 is 0 Å². The maximum atomic E-state index is 12.5. The normalized spacial score (nSPS) is 10.7. The van der Waals surface area contributed by atoms with Crippen LogP contribution >= 0.6 is 0 Å². The minimum absolute atomic E-state index is 0.139. The van der Waals surface area contributed by atoms with Gasteiger partial charge in [-0.1, -0.05) is 24.3 Å². The number of carbonyl (C=O) groups excluding carboxylic acids is 1. The molecule has 3 aromatic rings. The zero-order valence-electron chi connectivity index (χ0n) is 20.2. The maximum absolute atomic E-state index is 12.5. The van der Waals surface area contributed by atoms with E-state index in [1.165, 1.54) is 0 Å². The number of rotatable bonds is 12. The molecule has 1 aromatic heterocycles. The molecule has 180 valence electrons. The van der Waals surface area contributed by atoms with Crippen molar-refractivity contribution in [1.82, 2.24) is 10.3 Å². The first-order valence-electron chi connectivity index (χ1n) is 11.3. The van der Waals surface area contributed by atoms with E-state index in [1.807, 2.05) is 68.4 Å². The third-order valence-corrected chi connectivity index (χ3v) is 5.07. The van der Waals surface area contributed by atoms with Crippen LogP contribution in [0.15, 0.2) is 60.7 Å². The van der Waals surface area contributed by atoms with Crippen LogP contribution in [0, 0.1) is 0 Å². The largest absolute Gasteiger partial charge is 0.493 e. The van der Waals surface area contributed by atoms with Crippen molar-refractivity contribution in [3.63, 3.8) is 0 Å². The highest BCUT2D eigenvalue weighted by atomic mass is 16.5. The van der Waals surface area contributed by atoms with E-state index < -0.39 is 0 Å². The third kappa shape index (κ3) is 7.22. The number of aromatic nitrogens is 1. The molecule has 0 unspecified atom stereocenters. The Morgan fingerprint density at radius 1 is 0.941 bits per heavy atom. The Morgan fingerprint density at radius 2 is 1.74 bits per heavy atom. The Balaban J connectivity index is 1.60. The van der Waals surface area contributed by atoms with Gasteiger partial charge in [0.25, 0.3) is 5.91 Å². The van der Waals surface area contributed by atoms with Crippen LogP contribution in [-0.2, 0) is 11.2 Å². The molecule has 34 heavy (non-hydrogen) atoms. The maximum Gasteiger partial charge on any atom is 0.251 e. The molecular formula is C27H32N2O5. The SMILES string of the molecule is COc1ccc(CCOc2cccc(-c3cccc(C(=O)NCCOC(C)C)c3)n2)cc1OC. The Bertz CT molecular complexity index is 1080. The van der Waals surface area contributed by atoms with Gasteiger partial charge in [-0.2, -0.15) is 0 Å². The second-order valence-electron chi connectivity index (χ2n) is 7.91. The van der Waals surface area contributed by atoms with Crippen LogP contribution in [0.5, 0.6) is 17.4 Å². The van der Waals surface area contributed by atoms with Gasteiger partial charge in [-0.15, -0.1) is 0 Å². The van der Waals surface area contributed by atoms with Crippen LogP contribution in [-0.4, -0.2) is 51.0 Å². The summed E-state index contributed by atoms with van der Waals surface area (Å²) in [6, 6.07) is 18.8. The lowest BCUT2D eigenvalue weighted by atomic mass is 10.1. The lowest BCUT2D eigenvalue weighted by Crippen LogP contribution is -2.28. The molecule has 3 rings (SSSR count). The molecule has 0 aliphatic rings. The van der Waals surface area contributed by atoms with E-state index in [0.29, 0.717) is 49.1 Å². The van der Waals surface area contributed by atoms with Gasteiger partial charge in [0.2, 0.25) is 5.88 Å². The van der Waals surface area contributed by atoms with Crippen LogP contribution in [0.1, 0.15) is 29.8 Å². The third-order valence-electron chi connectivity index (χ3n) is 5.07. The Kier molecular flexibility index (Phi) is 9.29. The molecule has 2 aromatic carbocycles. The first-order chi connectivity index (χ1) is 16.5. The van der Waals surface area contributed by atoms with Gasteiger partial charge in [-0.05, 0) is 49.7 Å². The van der Waals surface area contributed by atoms with Gasteiger partial charge in [-0.25, -0.2) is 4.98 Å². The summed E-state index contributed by atoms with van der Waals surface area (Å²) in [6.45, 7) is 5.34. The molecule has 0 saturated heterocycles.